The molecule has 0 bridgehead atoms. The Labute approximate surface area is 107 Å². The maximum Gasteiger partial charge on any atom is 0.441 e. The van der Waals surface area contributed by atoms with Crippen LogP contribution in [0.5, 0.6) is 0 Å². The molecule has 0 aliphatic carbocycles. The van der Waals surface area contributed by atoms with Crippen molar-refractivity contribution in [3.8, 4) is 0 Å². The van der Waals surface area contributed by atoms with Crippen molar-refractivity contribution in [1.29, 1.82) is 0 Å². The summed E-state index contributed by atoms with van der Waals surface area (Å²) in [6, 6.07) is 6.91. The van der Waals surface area contributed by atoms with Crippen molar-refractivity contribution in [3.05, 3.63) is 29.8 Å². The molecule has 2 nitrogen and oxygen atoms in total. The number of halogens is 3. The smallest absolute Gasteiger partial charge is 0.389 e. The second-order valence-corrected chi connectivity index (χ2v) is 4.76. The molecule has 7 heteroatoms. The van der Waals surface area contributed by atoms with Crippen LogP contribution in [-0.2, 0) is 0 Å². The molecule has 0 saturated heterocycles. The van der Waals surface area contributed by atoms with Crippen molar-refractivity contribution in [3.63, 3.8) is 0 Å². The molecule has 17 heavy (non-hydrogen) atoms. The van der Waals surface area contributed by atoms with Crippen molar-refractivity contribution in [2.75, 3.05) is 17.6 Å². The minimum absolute atomic E-state index is 0.0272. The van der Waals surface area contributed by atoms with E-state index in [-0.39, 0.29) is 24.1 Å². The van der Waals surface area contributed by atoms with Crippen LogP contribution in [0, 0.1) is 0 Å². The molecule has 0 aliphatic heterocycles. The van der Waals surface area contributed by atoms with Crippen LogP contribution < -0.4 is 11.1 Å². The van der Waals surface area contributed by atoms with Crippen LogP contribution in [0.4, 0.5) is 18.9 Å². The van der Waals surface area contributed by atoms with E-state index < -0.39 is 5.51 Å². The number of rotatable bonds is 5. The Balaban J connectivity index is 2.35. The van der Waals surface area contributed by atoms with Gasteiger partial charge in [0.15, 0.2) is 0 Å². The first-order chi connectivity index (χ1) is 7.88. The van der Waals surface area contributed by atoms with Crippen LogP contribution >= 0.6 is 24.0 Å². The van der Waals surface area contributed by atoms with Gasteiger partial charge in [-0.15, -0.1) is 0 Å². The van der Waals surface area contributed by atoms with Crippen molar-refractivity contribution in [2.45, 2.75) is 5.51 Å². The Morgan fingerprint density at radius 1 is 1.29 bits per heavy atom. The van der Waals surface area contributed by atoms with Gasteiger partial charge in [-0.1, -0.05) is 12.2 Å². The van der Waals surface area contributed by atoms with E-state index in [1.807, 2.05) is 0 Å². The number of hydrogen-bond acceptors (Lipinski definition) is 3. The third-order valence-electron chi connectivity index (χ3n) is 1.87. The van der Waals surface area contributed by atoms with E-state index in [1.165, 1.54) is 0 Å². The van der Waals surface area contributed by atoms with Gasteiger partial charge in [0, 0.05) is 23.5 Å². The molecule has 0 fully saturated rings. The second kappa shape index (κ2) is 6.11. The highest BCUT2D eigenvalue weighted by Crippen LogP contribution is 2.29. The molecular formula is C10H11F3N2S2. The number of benzene rings is 1. The number of nitrogens with one attached hydrogen (secondary N) is 1. The molecule has 0 atom stereocenters. The van der Waals surface area contributed by atoms with E-state index in [0.717, 1.165) is 11.3 Å². The lowest BCUT2D eigenvalue weighted by atomic mass is 10.2. The molecule has 0 amide bonds. The summed E-state index contributed by atoms with van der Waals surface area (Å²) >= 11 is 4.74. The van der Waals surface area contributed by atoms with Gasteiger partial charge in [0.25, 0.3) is 0 Å². The first-order valence-corrected chi connectivity index (χ1v) is 6.12. The van der Waals surface area contributed by atoms with Crippen LogP contribution in [0.3, 0.4) is 0 Å². The fourth-order valence-electron chi connectivity index (χ4n) is 1.11. The Hall–Kier alpha value is -0.950. The summed E-state index contributed by atoms with van der Waals surface area (Å²) in [7, 11) is 0. The van der Waals surface area contributed by atoms with Gasteiger partial charge in [-0.25, -0.2) is 0 Å². The lowest BCUT2D eigenvalue weighted by Crippen LogP contribution is -2.11. The first kappa shape index (κ1) is 14.1. The van der Waals surface area contributed by atoms with Crippen molar-refractivity contribution < 1.29 is 13.2 Å². The number of hydrogen-bond donors (Lipinski definition) is 2. The number of thioether (sulfide) groups is 1. The molecule has 0 radical (unpaired) electrons. The molecule has 0 aromatic heterocycles. The van der Waals surface area contributed by atoms with E-state index >= 15 is 0 Å². The van der Waals surface area contributed by atoms with E-state index in [4.69, 9.17) is 18.0 Å². The number of alkyl halides is 3. The standard InChI is InChI=1S/C10H11F3N2S2/c11-10(12,13)17-6-5-15-8-3-1-7(2-4-8)9(14)16/h1-4,15H,5-6H2,(H2,14,16). The van der Waals surface area contributed by atoms with Gasteiger partial charge in [-0.2, -0.15) is 13.2 Å². The summed E-state index contributed by atoms with van der Waals surface area (Å²) in [6.07, 6.45) is 0. The minimum atomic E-state index is -4.17. The largest absolute Gasteiger partial charge is 0.441 e. The zero-order valence-electron chi connectivity index (χ0n) is 8.75. The van der Waals surface area contributed by atoms with Gasteiger partial charge >= 0.3 is 5.51 Å². The molecule has 3 N–H and O–H groups in total. The first-order valence-electron chi connectivity index (χ1n) is 4.73. The van der Waals surface area contributed by atoms with E-state index in [2.05, 4.69) is 5.32 Å². The van der Waals surface area contributed by atoms with Crippen LogP contribution in [0.15, 0.2) is 24.3 Å². The Kier molecular flexibility index (Phi) is 5.07. The monoisotopic (exact) mass is 280 g/mol. The minimum Gasteiger partial charge on any atom is -0.389 e. The zero-order valence-corrected chi connectivity index (χ0v) is 10.4. The average Bonchev–Trinajstić information content (AvgIpc) is 2.24. The second-order valence-electron chi connectivity index (χ2n) is 3.16. The average molecular weight is 280 g/mol. The number of nitrogens with two attached hydrogens (primary N) is 1. The summed E-state index contributed by atoms with van der Waals surface area (Å²) in [5.41, 5.74) is 2.72. The lowest BCUT2D eigenvalue weighted by Gasteiger charge is -2.08. The molecule has 0 saturated carbocycles. The van der Waals surface area contributed by atoms with Crippen LogP contribution in [0.1, 0.15) is 5.56 Å². The zero-order chi connectivity index (χ0) is 12.9. The Morgan fingerprint density at radius 3 is 2.35 bits per heavy atom. The Morgan fingerprint density at radius 2 is 1.88 bits per heavy atom. The van der Waals surface area contributed by atoms with Gasteiger partial charge < -0.3 is 11.1 Å². The van der Waals surface area contributed by atoms with Crippen LogP contribution in [0.25, 0.3) is 0 Å². The van der Waals surface area contributed by atoms with E-state index in [0.29, 0.717) is 4.99 Å². The predicted octanol–water partition coefficient (Wildman–Crippen LogP) is 2.99. The third-order valence-corrected chi connectivity index (χ3v) is 2.84. The molecule has 0 spiro atoms. The molecule has 0 heterocycles. The van der Waals surface area contributed by atoms with Crippen LogP contribution in [0.2, 0.25) is 0 Å². The third kappa shape index (κ3) is 5.78. The molecule has 1 rings (SSSR count). The van der Waals surface area contributed by atoms with Gasteiger partial charge in [0.2, 0.25) is 0 Å². The van der Waals surface area contributed by atoms with Gasteiger partial charge in [0.05, 0.1) is 0 Å². The maximum absolute atomic E-state index is 11.8. The Bertz CT molecular complexity index is 376. The van der Waals surface area contributed by atoms with Gasteiger partial charge in [-0.3, -0.25) is 0 Å². The summed E-state index contributed by atoms with van der Waals surface area (Å²) in [4.78, 5) is 0.296. The van der Waals surface area contributed by atoms with Gasteiger partial charge in [0.1, 0.15) is 4.99 Å². The molecular weight excluding hydrogens is 269 g/mol. The van der Waals surface area contributed by atoms with Crippen LogP contribution in [-0.4, -0.2) is 22.8 Å². The van der Waals surface area contributed by atoms with Crippen molar-refractivity contribution in [2.24, 2.45) is 5.73 Å². The molecule has 1 aromatic rings. The normalized spacial score (nSPS) is 11.2. The summed E-state index contributed by atoms with van der Waals surface area (Å²) < 4.78 is 35.5. The van der Waals surface area contributed by atoms with Crippen molar-refractivity contribution >= 4 is 34.7 Å². The molecule has 94 valence electrons. The SMILES string of the molecule is NC(=S)c1ccc(NCCSC(F)(F)F)cc1. The molecule has 0 unspecified atom stereocenters. The summed E-state index contributed by atoms with van der Waals surface area (Å²) in [5, 5.41) is 2.88. The quantitative estimate of drug-likeness (QED) is 0.642. The molecule has 1 aromatic carbocycles. The van der Waals surface area contributed by atoms with E-state index in [9.17, 15) is 13.2 Å². The molecule has 0 aliphatic rings. The highest BCUT2D eigenvalue weighted by Gasteiger charge is 2.27. The summed E-state index contributed by atoms with van der Waals surface area (Å²) in [5.74, 6) is -0.0272. The highest BCUT2D eigenvalue weighted by atomic mass is 32.2. The number of thiocarbonyl (C=S) groups is 1. The fraction of sp³-hybridized carbons (Fsp3) is 0.300. The summed E-state index contributed by atoms with van der Waals surface area (Å²) in [6.45, 7) is 0.247. The maximum atomic E-state index is 11.8. The topological polar surface area (TPSA) is 38.0 Å². The highest BCUT2D eigenvalue weighted by molar-refractivity contribution is 8.00. The van der Waals surface area contributed by atoms with Gasteiger partial charge in [-0.05, 0) is 36.0 Å². The van der Waals surface area contributed by atoms with Crippen molar-refractivity contribution in [1.82, 2.24) is 0 Å². The fourth-order valence-corrected chi connectivity index (χ4v) is 1.69. The number of anilines is 1. The lowest BCUT2D eigenvalue weighted by molar-refractivity contribution is -0.0327. The van der Waals surface area contributed by atoms with E-state index in [1.54, 1.807) is 24.3 Å². The predicted molar refractivity (Wildman–Crippen MR) is 69.3 cm³/mol.